The summed E-state index contributed by atoms with van der Waals surface area (Å²) in [4.78, 5) is 25.7. The Morgan fingerprint density at radius 2 is 1.76 bits per heavy atom. The molecule has 1 N–H and O–H groups in total. The van der Waals surface area contributed by atoms with Gasteiger partial charge in [0, 0.05) is 48.4 Å². The molecule has 2 fully saturated rings. The van der Waals surface area contributed by atoms with E-state index >= 15 is 0 Å². The van der Waals surface area contributed by atoms with E-state index in [0.717, 1.165) is 48.5 Å². The van der Waals surface area contributed by atoms with Crippen molar-refractivity contribution in [1.29, 1.82) is 0 Å². The highest BCUT2D eigenvalue weighted by atomic mass is 16.1. The van der Waals surface area contributed by atoms with Crippen LogP contribution in [0.5, 0.6) is 0 Å². The zero-order valence-electron chi connectivity index (χ0n) is 16.2. The van der Waals surface area contributed by atoms with Gasteiger partial charge in [0.05, 0.1) is 17.4 Å². The molecular weight excluding hydrogens is 364 g/mol. The van der Waals surface area contributed by atoms with E-state index in [4.69, 9.17) is 0 Å². The molecule has 0 atom stereocenters. The van der Waals surface area contributed by atoms with Gasteiger partial charge in [-0.3, -0.25) is 14.8 Å². The van der Waals surface area contributed by atoms with Gasteiger partial charge < -0.3 is 5.32 Å². The van der Waals surface area contributed by atoms with Gasteiger partial charge in [0.2, 0.25) is 0 Å². The second-order valence-electron chi connectivity index (χ2n) is 7.96. The van der Waals surface area contributed by atoms with E-state index in [0.29, 0.717) is 12.0 Å². The molecule has 3 heterocycles. The maximum Gasteiger partial charge on any atom is 0.267 e. The van der Waals surface area contributed by atoms with Crippen LogP contribution in [0, 0.1) is 0 Å². The Hall–Kier alpha value is -3.09. The maximum atomic E-state index is 12.5. The number of hydrogen-bond donors (Lipinski definition) is 1. The summed E-state index contributed by atoms with van der Waals surface area (Å²) in [6.45, 7) is 0. The van der Waals surface area contributed by atoms with Gasteiger partial charge in [0.25, 0.3) is 5.56 Å². The summed E-state index contributed by atoms with van der Waals surface area (Å²) < 4.78 is 1.66. The number of nitrogens with zero attached hydrogens (tertiary/aromatic N) is 5. The lowest BCUT2D eigenvalue weighted by Crippen LogP contribution is -2.33. The fourth-order valence-corrected chi connectivity index (χ4v) is 4.13. The van der Waals surface area contributed by atoms with Gasteiger partial charge in [-0.05, 0) is 56.7 Å². The van der Waals surface area contributed by atoms with Crippen LogP contribution < -0.4 is 10.9 Å². The third-order valence-corrected chi connectivity index (χ3v) is 5.86. The van der Waals surface area contributed by atoms with Gasteiger partial charge in [-0.15, -0.1) is 0 Å². The van der Waals surface area contributed by atoms with Crippen molar-refractivity contribution in [2.45, 2.75) is 56.5 Å². The molecule has 7 heteroatoms. The molecule has 0 amide bonds. The minimum atomic E-state index is -0.0426. The van der Waals surface area contributed by atoms with E-state index in [-0.39, 0.29) is 11.6 Å². The van der Waals surface area contributed by atoms with Crippen molar-refractivity contribution in [3.05, 3.63) is 65.1 Å². The molecule has 3 aromatic heterocycles. The molecule has 2 saturated carbocycles. The Bertz CT molecular complexity index is 1040. The summed E-state index contributed by atoms with van der Waals surface area (Å²) in [7, 11) is 0. The fraction of sp³-hybridized carbons (Fsp3) is 0.409. The normalized spacial score (nSPS) is 21.7. The molecular formula is C22H24N6O. The first kappa shape index (κ1) is 18.0. The van der Waals surface area contributed by atoms with Crippen LogP contribution in [0.2, 0.25) is 0 Å². The summed E-state index contributed by atoms with van der Waals surface area (Å²) in [6, 6.07) is 7.71. The lowest BCUT2D eigenvalue weighted by molar-refractivity contribution is 0.304. The van der Waals surface area contributed by atoms with E-state index in [1.807, 2.05) is 12.1 Å². The van der Waals surface area contributed by atoms with Crippen molar-refractivity contribution in [3.8, 4) is 11.3 Å². The number of anilines is 1. The second kappa shape index (κ2) is 7.73. The maximum absolute atomic E-state index is 12.5. The SMILES string of the molecule is O=c1ccc(-c2cccnc2)nn1C1CCC(Nc2nccnc2C2CC2)CC1. The highest BCUT2D eigenvalue weighted by Crippen LogP contribution is 2.42. The van der Waals surface area contributed by atoms with E-state index in [1.54, 1.807) is 41.6 Å². The monoisotopic (exact) mass is 388 g/mol. The molecule has 148 valence electrons. The molecule has 0 radical (unpaired) electrons. The van der Waals surface area contributed by atoms with Crippen LogP contribution in [-0.4, -0.2) is 30.8 Å². The van der Waals surface area contributed by atoms with Crippen LogP contribution >= 0.6 is 0 Å². The predicted molar refractivity (Wildman–Crippen MR) is 111 cm³/mol. The number of hydrogen-bond acceptors (Lipinski definition) is 6. The largest absolute Gasteiger partial charge is 0.366 e. The quantitative estimate of drug-likeness (QED) is 0.719. The number of pyridine rings is 1. The highest BCUT2D eigenvalue weighted by molar-refractivity contribution is 5.56. The molecule has 2 aliphatic rings. The third-order valence-electron chi connectivity index (χ3n) is 5.86. The van der Waals surface area contributed by atoms with Crippen LogP contribution in [0.1, 0.15) is 56.2 Å². The van der Waals surface area contributed by atoms with E-state index in [1.165, 1.54) is 12.8 Å². The first-order valence-corrected chi connectivity index (χ1v) is 10.4. The standard InChI is InChI=1S/C22H24N6O/c29-20-10-9-19(16-2-1-11-23-14-16)27-28(20)18-7-5-17(6-8-18)26-22-21(15-3-4-15)24-12-13-25-22/h1-2,9-15,17-18H,3-8H2,(H,25,26). The van der Waals surface area contributed by atoms with Crippen molar-refractivity contribution in [3.63, 3.8) is 0 Å². The highest BCUT2D eigenvalue weighted by Gasteiger charge is 2.30. The lowest BCUT2D eigenvalue weighted by atomic mass is 9.91. The molecule has 2 aliphatic carbocycles. The van der Waals surface area contributed by atoms with Crippen molar-refractivity contribution in [2.24, 2.45) is 0 Å². The van der Waals surface area contributed by atoms with Gasteiger partial charge in [0.15, 0.2) is 0 Å². The van der Waals surface area contributed by atoms with Crippen molar-refractivity contribution >= 4 is 5.82 Å². The third kappa shape index (κ3) is 3.90. The molecule has 7 nitrogen and oxygen atoms in total. The Morgan fingerprint density at radius 1 is 0.931 bits per heavy atom. The molecule has 29 heavy (non-hydrogen) atoms. The molecule has 0 bridgehead atoms. The molecule has 5 rings (SSSR count). The van der Waals surface area contributed by atoms with Gasteiger partial charge in [-0.1, -0.05) is 0 Å². The van der Waals surface area contributed by atoms with Gasteiger partial charge in [0.1, 0.15) is 5.82 Å². The molecule has 0 saturated heterocycles. The zero-order valence-corrected chi connectivity index (χ0v) is 16.2. The molecule has 0 spiro atoms. The van der Waals surface area contributed by atoms with E-state index in [9.17, 15) is 4.79 Å². The predicted octanol–water partition coefficient (Wildman–Crippen LogP) is 3.57. The van der Waals surface area contributed by atoms with Gasteiger partial charge in [-0.25, -0.2) is 9.67 Å². The Kier molecular flexibility index (Phi) is 4.79. The van der Waals surface area contributed by atoms with Crippen LogP contribution in [-0.2, 0) is 0 Å². The summed E-state index contributed by atoms with van der Waals surface area (Å²) in [6.07, 6.45) is 13.3. The van der Waals surface area contributed by atoms with Crippen molar-refractivity contribution in [1.82, 2.24) is 24.7 Å². The van der Waals surface area contributed by atoms with Crippen molar-refractivity contribution in [2.75, 3.05) is 5.32 Å². The number of rotatable bonds is 5. The van der Waals surface area contributed by atoms with Gasteiger partial charge in [-0.2, -0.15) is 5.10 Å². The summed E-state index contributed by atoms with van der Waals surface area (Å²) in [5, 5.41) is 8.25. The van der Waals surface area contributed by atoms with Crippen LogP contribution in [0.3, 0.4) is 0 Å². The minimum Gasteiger partial charge on any atom is -0.366 e. The van der Waals surface area contributed by atoms with Crippen LogP contribution in [0.25, 0.3) is 11.3 Å². The number of aromatic nitrogens is 5. The van der Waals surface area contributed by atoms with Crippen molar-refractivity contribution < 1.29 is 0 Å². The summed E-state index contributed by atoms with van der Waals surface area (Å²) >= 11 is 0. The first-order chi connectivity index (χ1) is 14.3. The average molecular weight is 388 g/mol. The van der Waals surface area contributed by atoms with E-state index in [2.05, 4.69) is 25.4 Å². The average Bonchev–Trinajstić information content (AvgIpc) is 3.61. The van der Waals surface area contributed by atoms with Gasteiger partial charge >= 0.3 is 0 Å². The topological polar surface area (TPSA) is 85.6 Å². The summed E-state index contributed by atoms with van der Waals surface area (Å²) in [5.41, 5.74) is 2.77. The summed E-state index contributed by atoms with van der Waals surface area (Å²) in [5.74, 6) is 1.51. The molecule has 0 unspecified atom stereocenters. The van der Waals surface area contributed by atoms with Crippen LogP contribution in [0.15, 0.2) is 53.8 Å². The lowest BCUT2D eigenvalue weighted by Gasteiger charge is -2.30. The zero-order chi connectivity index (χ0) is 19.6. The Labute approximate surface area is 169 Å². The number of nitrogens with one attached hydrogen (secondary N) is 1. The molecule has 0 aliphatic heterocycles. The Balaban J connectivity index is 1.28. The Morgan fingerprint density at radius 3 is 2.52 bits per heavy atom. The van der Waals surface area contributed by atoms with Crippen LogP contribution in [0.4, 0.5) is 5.82 Å². The first-order valence-electron chi connectivity index (χ1n) is 10.4. The second-order valence-corrected chi connectivity index (χ2v) is 7.96. The smallest absolute Gasteiger partial charge is 0.267 e. The molecule has 3 aromatic rings. The van der Waals surface area contributed by atoms with E-state index < -0.39 is 0 Å². The fourth-order valence-electron chi connectivity index (χ4n) is 4.13. The minimum absolute atomic E-state index is 0.0426. The molecule has 0 aromatic carbocycles.